The molecule has 158 valence electrons. The van der Waals surface area contributed by atoms with Gasteiger partial charge in [0.05, 0.1) is 0 Å². The van der Waals surface area contributed by atoms with Gasteiger partial charge in [-0.25, -0.2) is 0 Å². The third-order valence-electron chi connectivity index (χ3n) is 5.11. The molecule has 0 fully saturated rings. The van der Waals surface area contributed by atoms with E-state index in [9.17, 15) is 0 Å². The van der Waals surface area contributed by atoms with Crippen molar-refractivity contribution < 1.29 is 21.1 Å². The first-order chi connectivity index (χ1) is 12.1. The van der Waals surface area contributed by atoms with Crippen LogP contribution in [0.25, 0.3) is 0 Å². The third-order valence-corrected chi connectivity index (χ3v) is 9.50. The molecule has 1 aliphatic rings. The van der Waals surface area contributed by atoms with E-state index in [1.165, 1.54) is 11.1 Å². The fourth-order valence-corrected chi connectivity index (χ4v) is 7.71. The summed E-state index contributed by atoms with van der Waals surface area (Å²) >= 11 is -1.97. The third kappa shape index (κ3) is 6.87. The Bertz CT molecular complexity index is 741. The average molecular weight is 461 g/mol. The molecule has 0 unspecified atom stereocenters. The van der Waals surface area contributed by atoms with Crippen molar-refractivity contribution in [2.75, 3.05) is 0 Å². The van der Waals surface area contributed by atoms with E-state index in [2.05, 4.69) is 91.8 Å². The van der Waals surface area contributed by atoms with Crippen LogP contribution in [0.5, 0.6) is 5.75 Å². The molecule has 1 aromatic rings. The van der Waals surface area contributed by atoms with Gasteiger partial charge in [-0.15, -0.1) is 24.8 Å². The van der Waals surface area contributed by atoms with Gasteiger partial charge in [0.1, 0.15) is 0 Å². The fourth-order valence-electron chi connectivity index (χ4n) is 3.49. The van der Waals surface area contributed by atoms with Crippen LogP contribution in [0.1, 0.15) is 80.2 Å². The van der Waals surface area contributed by atoms with Crippen molar-refractivity contribution in [2.45, 2.75) is 80.1 Å². The van der Waals surface area contributed by atoms with Crippen LogP contribution in [-0.2, 0) is 23.2 Å². The van der Waals surface area contributed by atoms with Crippen LogP contribution in [0.3, 0.4) is 0 Å². The van der Waals surface area contributed by atoms with Crippen LogP contribution in [-0.4, -0.2) is 3.81 Å². The topological polar surface area (TPSA) is 9.23 Å². The van der Waals surface area contributed by atoms with Gasteiger partial charge in [0.2, 0.25) is 0 Å². The van der Waals surface area contributed by atoms with Crippen molar-refractivity contribution >= 4 is 28.6 Å². The SMILES string of the molecule is CC[C](CC)=[Ti]([O]c1cccc(C(C)(C)C)c1)[C]1=C(C(C)(C)C)C=CC1.Cl.Cl. The molecular weight excluding hydrogens is 423 g/mol. The molecule has 0 bridgehead atoms. The van der Waals surface area contributed by atoms with Crippen molar-refractivity contribution in [1.82, 2.24) is 0 Å². The summed E-state index contributed by atoms with van der Waals surface area (Å²) in [4.78, 5) is 0. The van der Waals surface area contributed by atoms with E-state index in [-0.39, 0.29) is 35.6 Å². The first-order valence-electron chi connectivity index (χ1n) is 9.98. The maximum absolute atomic E-state index is 6.84. The molecule has 1 nitrogen and oxygen atoms in total. The Morgan fingerprint density at radius 2 is 1.57 bits per heavy atom. The molecule has 0 aliphatic heterocycles. The number of halogens is 2. The van der Waals surface area contributed by atoms with Gasteiger partial charge >= 0.3 is 168 Å². The summed E-state index contributed by atoms with van der Waals surface area (Å²) in [6, 6.07) is 8.77. The maximum atomic E-state index is 6.84. The standard InChI is InChI=1S/C10H14O.C9H13.C5H10.2ClH.Ti/c1-10(2,3)8-5-4-6-9(11)7-8;1-9(2,3)8-6-4-5-7-8;1-3-5-4-2;;;/h4-7,11H,1-3H3;4,6H,5H2,1-3H3;3-4H2,1-2H3;2*1H;/q;;;;;+1/p-1. The minimum atomic E-state index is -1.97. The van der Waals surface area contributed by atoms with Gasteiger partial charge in [0, 0.05) is 0 Å². The van der Waals surface area contributed by atoms with Gasteiger partial charge in [-0.1, -0.05) is 0 Å². The molecule has 2 rings (SSSR count). The fraction of sp³-hybridized carbons (Fsp3) is 0.542. The molecule has 0 saturated heterocycles. The molecule has 1 aliphatic carbocycles. The van der Waals surface area contributed by atoms with Gasteiger partial charge in [0.25, 0.3) is 0 Å². The van der Waals surface area contributed by atoms with Crippen molar-refractivity contribution in [1.29, 1.82) is 0 Å². The largest absolute Gasteiger partial charge is 0.147 e. The van der Waals surface area contributed by atoms with Gasteiger partial charge in [-0.2, -0.15) is 0 Å². The van der Waals surface area contributed by atoms with E-state index in [0.717, 1.165) is 25.0 Å². The zero-order valence-electron chi connectivity index (χ0n) is 18.8. The first kappa shape index (κ1) is 27.7. The quantitative estimate of drug-likeness (QED) is 0.404. The second kappa shape index (κ2) is 11.2. The zero-order chi connectivity index (χ0) is 19.5. The normalized spacial score (nSPS) is 13.7. The van der Waals surface area contributed by atoms with E-state index in [0.29, 0.717) is 0 Å². The molecule has 0 N–H and O–H groups in total. The van der Waals surface area contributed by atoms with Gasteiger partial charge in [-0.3, -0.25) is 0 Å². The van der Waals surface area contributed by atoms with Crippen LogP contribution >= 0.6 is 24.8 Å². The van der Waals surface area contributed by atoms with E-state index in [1.54, 1.807) is 7.69 Å². The summed E-state index contributed by atoms with van der Waals surface area (Å²) in [6.45, 7) is 18.4. The second-order valence-electron chi connectivity index (χ2n) is 9.27. The van der Waals surface area contributed by atoms with Gasteiger partial charge < -0.3 is 0 Å². The number of hydrogen-bond acceptors (Lipinski definition) is 1. The predicted molar refractivity (Wildman–Crippen MR) is 126 cm³/mol. The summed E-state index contributed by atoms with van der Waals surface area (Å²) in [6.07, 6.45) is 8.02. The van der Waals surface area contributed by atoms with Crippen LogP contribution in [0.4, 0.5) is 0 Å². The predicted octanol–water partition coefficient (Wildman–Crippen LogP) is 7.99. The van der Waals surface area contributed by atoms with Crippen molar-refractivity contribution in [2.24, 2.45) is 5.41 Å². The molecule has 4 heteroatoms. The van der Waals surface area contributed by atoms with Crippen molar-refractivity contribution in [3.8, 4) is 5.75 Å². The Morgan fingerprint density at radius 3 is 2.07 bits per heavy atom. The second-order valence-corrected chi connectivity index (χ2v) is 12.7. The molecular formula is C24H38Cl2OTi. The summed E-state index contributed by atoms with van der Waals surface area (Å²) in [7, 11) is 0. The van der Waals surface area contributed by atoms with Gasteiger partial charge in [-0.05, 0) is 0 Å². The number of rotatable bonds is 5. The molecule has 0 aromatic heterocycles. The summed E-state index contributed by atoms with van der Waals surface area (Å²) < 4.78 is 10.1. The van der Waals surface area contributed by atoms with E-state index in [4.69, 9.17) is 3.32 Å². The van der Waals surface area contributed by atoms with Crippen LogP contribution in [0.2, 0.25) is 0 Å². The maximum Gasteiger partial charge on any atom is -0.147 e. The molecule has 0 spiro atoms. The van der Waals surface area contributed by atoms with E-state index < -0.39 is 17.8 Å². The summed E-state index contributed by atoms with van der Waals surface area (Å²) in [5, 5.41) is 0. The Morgan fingerprint density at radius 1 is 0.964 bits per heavy atom. The smallest absolute Gasteiger partial charge is 0.147 e. The number of hydrogen-bond donors (Lipinski definition) is 0. The Balaban J connectivity index is 0.00000364. The van der Waals surface area contributed by atoms with Crippen LogP contribution in [0, 0.1) is 5.41 Å². The minimum Gasteiger partial charge on any atom is -0.147 e. The van der Waals surface area contributed by atoms with E-state index >= 15 is 0 Å². The summed E-state index contributed by atoms with van der Waals surface area (Å²) in [5.74, 6) is 1.06. The van der Waals surface area contributed by atoms with Crippen molar-refractivity contribution in [3.63, 3.8) is 0 Å². The van der Waals surface area contributed by atoms with Crippen LogP contribution in [0.15, 0.2) is 45.9 Å². The molecule has 0 radical (unpaired) electrons. The Labute approximate surface area is 191 Å². The van der Waals surface area contributed by atoms with E-state index in [1.807, 2.05) is 0 Å². The molecule has 28 heavy (non-hydrogen) atoms. The number of benzene rings is 1. The number of allylic oxidation sites excluding steroid dienone is 4. The van der Waals surface area contributed by atoms with Crippen molar-refractivity contribution in [3.05, 3.63) is 51.4 Å². The first-order valence-corrected chi connectivity index (χ1v) is 12.2. The monoisotopic (exact) mass is 460 g/mol. The molecule has 0 saturated carbocycles. The van der Waals surface area contributed by atoms with Crippen LogP contribution < -0.4 is 3.32 Å². The summed E-state index contributed by atoms with van der Waals surface area (Å²) in [5.41, 5.74) is 3.19. The molecule has 0 heterocycles. The van der Waals surface area contributed by atoms with Gasteiger partial charge in [0.15, 0.2) is 0 Å². The zero-order valence-corrected chi connectivity index (χ0v) is 22.0. The minimum absolute atomic E-state index is 0. The molecule has 0 atom stereocenters. The molecule has 0 amide bonds. The average Bonchev–Trinajstić information content (AvgIpc) is 3.04. The molecule has 1 aromatic carbocycles. The Hall–Kier alpha value is -0.336. The Kier molecular flexibility index (Phi) is 11.0.